The van der Waals surface area contributed by atoms with Gasteiger partial charge in [0.1, 0.15) is 12.4 Å². The fourth-order valence-electron chi connectivity index (χ4n) is 2.24. The van der Waals surface area contributed by atoms with Crippen LogP contribution in [0, 0.1) is 0 Å². The number of rotatable bonds is 6. The molecule has 0 atom stereocenters. The Balaban J connectivity index is 1.58. The van der Waals surface area contributed by atoms with Gasteiger partial charge in [0, 0.05) is 11.2 Å². The van der Waals surface area contributed by atoms with Gasteiger partial charge in [0.25, 0.3) is 0 Å². The van der Waals surface area contributed by atoms with Gasteiger partial charge in [0.05, 0.1) is 11.3 Å². The first-order valence-electron chi connectivity index (χ1n) is 7.95. The number of carboxylic acid groups (broad SMARTS) is 1. The molecule has 0 amide bonds. The van der Waals surface area contributed by atoms with E-state index in [0.717, 1.165) is 16.9 Å². The average Bonchev–Trinajstić information content (AvgIpc) is 2.67. The van der Waals surface area contributed by atoms with E-state index in [1.807, 2.05) is 48.5 Å². The zero-order chi connectivity index (χ0) is 18.4. The molecule has 0 saturated heterocycles. The molecule has 4 nitrogen and oxygen atoms in total. The van der Waals surface area contributed by atoms with E-state index in [4.69, 9.17) is 21.4 Å². The third-order valence-electron chi connectivity index (χ3n) is 3.68. The van der Waals surface area contributed by atoms with Crippen molar-refractivity contribution in [2.24, 2.45) is 4.99 Å². The third-order valence-corrected chi connectivity index (χ3v) is 3.93. The number of aliphatic imine (C=N–C) groups is 1. The quantitative estimate of drug-likeness (QED) is 0.597. The summed E-state index contributed by atoms with van der Waals surface area (Å²) >= 11 is 5.86. The summed E-state index contributed by atoms with van der Waals surface area (Å²) in [5.74, 6) is -0.183. The molecule has 0 bridgehead atoms. The predicted molar refractivity (Wildman–Crippen MR) is 103 cm³/mol. The molecule has 3 aromatic carbocycles. The largest absolute Gasteiger partial charge is 0.489 e. The van der Waals surface area contributed by atoms with Crippen molar-refractivity contribution in [2.45, 2.75) is 6.61 Å². The molecule has 0 aliphatic rings. The minimum Gasteiger partial charge on any atom is -0.489 e. The maximum atomic E-state index is 10.8. The number of ether oxygens (including phenoxy) is 1. The van der Waals surface area contributed by atoms with E-state index in [2.05, 4.69) is 4.99 Å². The Labute approximate surface area is 156 Å². The number of aromatic carboxylic acids is 1. The Morgan fingerprint density at radius 1 is 0.962 bits per heavy atom. The molecule has 3 rings (SSSR count). The monoisotopic (exact) mass is 365 g/mol. The molecular formula is C21H16ClNO3. The second-order valence-corrected chi connectivity index (χ2v) is 6.03. The molecular weight excluding hydrogens is 350 g/mol. The summed E-state index contributed by atoms with van der Waals surface area (Å²) in [4.78, 5) is 15.2. The summed E-state index contributed by atoms with van der Waals surface area (Å²) in [6.07, 6.45) is 1.72. The number of hydrogen-bond acceptors (Lipinski definition) is 3. The van der Waals surface area contributed by atoms with E-state index in [-0.39, 0.29) is 5.56 Å². The SMILES string of the molecule is O=C(O)c1ccc(N=Cc2ccc(OCc3ccc(Cl)cc3)cc2)cc1. The lowest BCUT2D eigenvalue weighted by atomic mass is 10.2. The fourth-order valence-corrected chi connectivity index (χ4v) is 2.36. The van der Waals surface area contributed by atoms with Crippen LogP contribution in [0.4, 0.5) is 5.69 Å². The van der Waals surface area contributed by atoms with Crippen molar-refractivity contribution in [3.8, 4) is 5.75 Å². The first-order chi connectivity index (χ1) is 12.6. The highest BCUT2D eigenvalue weighted by molar-refractivity contribution is 6.30. The minimum absolute atomic E-state index is 0.242. The van der Waals surface area contributed by atoms with Crippen LogP contribution in [0.1, 0.15) is 21.5 Å². The van der Waals surface area contributed by atoms with Gasteiger partial charge in [-0.15, -0.1) is 0 Å². The lowest BCUT2D eigenvalue weighted by Crippen LogP contribution is -1.95. The van der Waals surface area contributed by atoms with Gasteiger partial charge in [-0.1, -0.05) is 23.7 Å². The van der Waals surface area contributed by atoms with Gasteiger partial charge in [0.15, 0.2) is 0 Å². The Bertz CT molecular complexity index is 901. The summed E-state index contributed by atoms with van der Waals surface area (Å²) in [7, 11) is 0. The Morgan fingerprint density at radius 2 is 1.62 bits per heavy atom. The highest BCUT2D eigenvalue weighted by Gasteiger charge is 2.01. The molecule has 3 aromatic rings. The maximum absolute atomic E-state index is 10.8. The zero-order valence-corrected chi connectivity index (χ0v) is 14.6. The summed E-state index contributed by atoms with van der Waals surface area (Å²) < 4.78 is 5.74. The molecule has 5 heteroatoms. The minimum atomic E-state index is -0.949. The van der Waals surface area contributed by atoms with E-state index >= 15 is 0 Å². The maximum Gasteiger partial charge on any atom is 0.335 e. The fraction of sp³-hybridized carbons (Fsp3) is 0.0476. The molecule has 0 spiro atoms. The number of nitrogens with zero attached hydrogens (tertiary/aromatic N) is 1. The average molecular weight is 366 g/mol. The van der Waals surface area contributed by atoms with Gasteiger partial charge in [-0.05, 0) is 71.8 Å². The molecule has 26 heavy (non-hydrogen) atoms. The summed E-state index contributed by atoms with van der Waals surface area (Å²) in [5, 5.41) is 9.59. The Kier molecular flexibility index (Phi) is 5.66. The topological polar surface area (TPSA) is 58.9 Å². The predicted octanol–water partition coefficient (Wildman–Crippen LogP) is 5.37. The first-order valence-corrected chi connectivity index (χ1v) is 8.33. The molecule has 0 aliphatic heterocycles. The molecule has 0 saturated carbocycles. The van der Waals surface area contributed by atoms with Crippen LogP contribution in [0.5, 0.6) is 5.75 Å². The van der Waals surface area contributed by atoms with Gasteiger partial charge in [0.2, 0.25) is 0 Å². The molecule has 0 radical (unpaired) electrons. The van der Waals surface area contributed by atoms with Crippen LogP contribution >= 0.6 is 11.6 Å². The van der Waals surface area contributed by atoms with E-state index in [1.54, 1.807) is 18.3 Å². The standard InChI is InChI=1S/C21H16ClNO3/c22-18-7-1-16(2-8-18)14-26-20-11-3-15(4-12-20)13-23-19-9-5-17(6-10-19)21(24)25/h1-13H,14H2,(H,24,25). The molecule has 0 aliphatic carbocycles. The lowest BCUT2D eigenvalue weighted by molar-refractivity contribution is 0.0697. The second kappa shape index (κ2) is 8.32. The van der Waals surface area contributed by atoms with Crippen molar-refractivity contribution in [3.63, 3.8) is 0 Å². The normalized spacial score (nSPS) is 10.8. The lowest BCUT2D eigenvalue weighted by Gasteiger charge is -2.06. The van der Waals surface area contributed by atoms with Crippen LogP contribution < -0.4 is 4.74 Å². The third kappa shape index (κ3) is 4.94. The molecule has 0 heterocycles. The van der Waals surface area contributed by atoms with Crippen LogP contribution in [0.3, 0.4) is 0 Å². The van der Waals surface area contributed by atoms with Crippen molar-refractivity contribution >= 4 is 29.5 Å². The van der Waals surface area contributed by atoms with Crippen LogP contribution in [0.25, 0.3) is 0 Å². The van der Waals surface area contributed by atoms with Crippen molar-refractivity contribution in [3.05, 3.63) is 94.5 Å². The Morgan fingerprint density at radius 3 is 2.23 bits per heavy atom. The van der Waals surface area contributed by atoms with Crippen molar-refractivity contribution in [1.29, 1.82) is 0 Å². The van der Waals surface area contributed by atoms with Gasteiger partial charge in [-0.3, -0.25) is 4.99 Å². The summed E-state index contributed by atoms with van der Waals surface area (Å²) in [6, 6.07) is 21.5. The number of halogens is 1. The smallest absolute Gasteiger partial charge is 0.335 e. The van der Waals surface area contributed by atoms with Gasteiger partial charge in [-0.25, -0.2) is 4.79 Å². The first kappa shape index (κ1) is 17.7. The number of hydrogen-bond donors (Lipinski definition) is 1. The highest BCUT2D eigenvalue weighted by Crippen LogP contribution is 2.17. The summed E-state index contributed by atoms with van der Waals surface area (Å²) in [6.45, 7) is 0.473. The number of carboxylic acids is 1. The Hall–Kier alpha value is -3.11. The van der Waals surface area contributed by atoms with E-state index in [1.165, 1.54) is 12.1 Å². The number of benzene rings is 3. The molecule has 130 valence electrons. The van der Waals surface area contributed by atoms with Gasteiger partial charge < -0.3 is 9.84 Å². The molecule has 1 N–H and O–H groups in total. The van der Waals surface area contributed by atoms with Gasteiger partial charge >= 0.3 is 5.97 Å². The second-order valence-electron chi connectivity index (χ2n) is 5.59. The van der Waals surface area contributed by atoms with E-state index in [0.29, 0.717) is 17.3 Å². The van der Waals surface area contributed by atoms with Crippen LogP contribution in [-0.2, 0) is 6.61 Å². The van der Waals surface area contributed by atoms with E-state index < -0.39 is 5.97 Å². The molecule has 0 unspecified atom stereocenters. The van der Waals surface area contributed by atoms with E-state index in [9.17, 15) is 4.79 Å². The van der Waals surface area contributed by atoms with Crippen molar-refractivity contribution in [1.82, 2.24) is 0 Å². The van der Waals surface area contributed by atoms with Crippen molar-refractivity contribution < 1.29 is 14.6 Å². The summed E-state index contributed by atoms with van der Waals surface area (Å²) in [5.41, 5.74) is 2.90. The molecule has 0 fully saturated rings. The van der Waals surface area contributed by atoms with Gasteiger partial charge in [-0.2, -0.15) is 0 Å². The van der Waals surface area contributed by atoms with Crippen LogP contribution in [0.2, 0.25) is 5.02 Å². The zero-order valence-electron chi connectivity index (χ0n) is 13.8. The molecule has 0 aromatic heterocycles. The number of carbonyl (C=O) groups is 1. The van der Waals surface area contributed by atoms with Crippen molar-refractivity contribution in [2.75, 3.05) is 0 Å². The van der Waals surface area contributed by atoms with Crippen LogP contribution in [0.15, 0.2) is 77.8 Å². The highest BCUT2D eigenvalue weighted by atomic mass is 35.5. The van der Waals surface area contributed by atoms with Crippen LogP contribution in [-0.4, -0.2) is 17.3 Å².